The molecule has 0 fully saturated rings. The van der Waals surface area contributed by atoms with Crippen molar-refractivity contribution in [3.63, 3.8) is 0 Å². The first-order valence-corrected chi connectivity index (χ1v) is 7.47. The molecular formula is C17H26FIN4O. The smallest absolute Gasteiger partial charge is 0.191 e. The predicted octanol–water partition coefficient (Wildman–Crippen LogP) is 3.04. The summed E-state index contributed by atoms with van der Waals surface area (Å²) in [7, 11) is 3.33. The van der Waals surface area contributed by atoms with Crippen LogP contribution in [0.5, 0.6) is 0 Å². The first-order valence-electron chi connectivity index (χ1n) is 7.47. The second-order valence-electron chi connectivity index (χ2n) is 6.32. The third-order valence-electron chi connectivity index (χ3n) is 3.55. The third kappa shape index (κ3) is 7.01. The fourth-order valence-corrected chi connectivity index (χ4v) is 2.11. The number of benzene rings is 1. The topological polar surface area (TPSA) is 69.4 Å². The molecule has 0 amide bonds. The molecule has 0 spiro atoms. The Morgan fingerprint density at radius 3 is 2.54 bits per heavy atom. The number of nitrogens with zero attached hydrogens (tertiary/aromatic N) is 2. The Labute approximate surface area is 160 Å². The SMILES string of the molecule is CN=C(NCc1cc(C#N)ccc1F)NCC(OC)C(C)(C)C.I. The molecule has 0 radical (unpaired) electrons. The minimum atomic E-state index is -0.351. The van der Waals surface area contributed by atoms with Crippen molar-refractivity contribution in [2.24, 2.45) is 10.4 Å². The van der Waals surface area contributed by atoms with Crippen LogP contribution in [0.3, 0.4) is 0 Å². The van der Waals surface area contributed by atoms with E-state index in [1.807, 2.05) is 6.07 Å². The summed E-state index contributed by atoms with van der Waals surface area (Å²) < 4.78 is 19.2. The van der Waals surface area contributed by atoms with E-state index >= 15 is 0 Å². The quantitative estimate of drug-likeness (QED) is 0.413. The highest BCUT2D eigenvalue weighted by Crippen LogP contribution is 2.20. The fraction of sp³-hybridized carbons (Fsp3) is 0.529. The highest BCUT2D eigenvalue weighted by Gasteiger charge is 2.24. The summed E-state index contributed by atoms with van der Waals surface area (Å²) >= 11 is 0. The molecule has 24 heavy (non-hydrogen) atoms. The van der Waals surface area contributed by atoms with Crippen molar-refractivity contribution >= 4 is 29.9 Å². The number of aliphatic imine (C=N–C) groups is 1. The number of hydrogen-bond donors (Lipinski definition) is 2. The van der Waals surface area contributed by atoms with Gasteiger partial charge in [0.1, 0.15) is 5.82 Å². The molecule has 134 valence electrons. The minimum absolute atomic E-state index is 0. The Hall–Kier alpha value is -1.40. The van der Waals surface area contributed by atoms with E-state index in [1.165, 1.54) is 18.2 Å². The van der Waals surface area contributed by atoms with E-state index in [1.54, 1.807) is 14.2 Å². The van der Waals surface area contributed by atoms with Gasteiger partial charge < -0.3 is 15.4 Å². The molecule has 0 saturated heterocycles. The maximum Gasteiger partial charge on any atom is 0.191 e. The number of ether oxygens (including phenoxy) is 1. The van der Waals surface area contributed by atoms with E-state index in [0.717, 1.165) is 0 Å². The fourth-order valence-electron chi connectivity index (χ4n) is 2.11. The molecule has 1 unspecified atom stereocenters. The van der Waals surface area contributed by atoms with Crippen molar-refractivity contribution in [2.45, 2.75) is 33.4 Å². The largest absolute Gasteiger partial charge is 0.379 e. The normalized spacial score (nSPS) is 12.8. The average molecular weight is 448 g/mol. The van der Waals surface area contributed by atoms with Gasteiger partial charge in [-0.05, 0) is 23.6 Å². The molecule has 7 heteroatoms. The van der Waals surface area contributed by atoms with Crippen molar-refractivity contribution < 1.29 is 9.13 Å². The lowest BCUT2D eigenvalue weighted by Gasteiger charge is -2.30. The van der Waals surface area contributed by atoms with E-state index in [-0.39, 0.29) is 47.9 Å². The van der Waals surface area contributed by atoms with Crippen molar-refractivity contribution in [3.05, 3.63) is 35.1 Å². The zero-order chi connectivity index (χ0) is 17.5. The maximum atomic E-state index is 13.8. The van der Waals surface area contributed by atoms with Crippen molar-refractivity contribution in [1.29, 1.82) is 5.26 Å². The Morgan fingerprint density at radius 2 is 2.04 bits per heavy atom. The lowest BCUT2D eigenvalue weighted by molar-refractivity contribution is 0.0205. The van der Waals surface area contributed by atoms with Crippen molar-refractivity contribution in [1.82, 2.24) is 10.6 Å². The molecule has 0 aliphatic carbocycles. The Morgan fingerprint density at radius 1 is 1.38 bits per heavy atom. The van der Waals surface area contributed by atoms with Crippen LogP contribution in [-0.4, -0.2) is 32.8 Å². The predicted molar refractivity (Wildman–Crippen MR) is 105 cm³/mol. The second-order valence-corrected chi connectivity index (χ2v) is 6.32. The molecule has 0 aliphatic heterocycles. The van der Waals surface area contributed by atoms with E-state index in [2.05, 4.69) is 36.4 Å². The summed E-state index contributed by atoms with van der Waals surface area (Å²) in [6.07, 6.45) is 0.0136. The van der Waals surface area contributed by atoms with Crippen LogP contribution < -0.4 is 10.6 Å². The maximum absolute atomic E-state index is 13.8. The molecule has 0 aromatic heterocycles. The van der Waals surface area contributed by atoms with Gasteiger partial charge in [0, 0.05) is 32.8 Å². The average Bonchev–Trinajstić information content (AvgIpc) is 2.51. The molecule has 0 saturated carbocycles. The molecule has 0 bridgehead atoms. The lowest BCUT2D eigenvalue weighted by Crippen LogP contribution is -2.45. The summed E-state index contributed by atoms with van der Waals surface area (Å²) in [5, 5.41) is 15.1. The van der Waals surface area contributed by atoms with Crippen LogP contribution in [0.1, 0.15) is 31.9 Å². The summed E-state index contributed by atoms with van der Waals surface area (Å²) in [4.78, 5) is 4.12. The van der Waals surface area contributed by atoms with Crippen LogP contribution in [0.25, 0.3) is 0 Å². The number of methoxy groups -OCH3 is 1. The Kier molecular flexibility index (Phi) is 9.85. The molecule has 5 nitrogen and oxygen atoms in total. The Balaban J connectivity index is 0.00000529. The van der Waals surface area contributed by atoms with E-state index < -0.39 is 0 Å². The van der Waals surface area contributed by atoms with Crippen LogP contribution in [0.4, 0.5) is 4.39 Å². The molecular weight excluding hydrogens is 422 g/mol. The molecule has 1 atom stereocenters. The summed E-state index contributed by atoms with van der Waals surface area (Å²) in [6.45, 7) is 7.12. The molecule has 1 aromatic carbocycles. The zero-order valence-corrected chi connectivity index (χ0v) is 17.1. The zero-order valence-electron chi connectivity index (χ0n) is 14.8. The lowest BCUT2D eigenvalue weighted by atomic mass is 9.89. The molecule has 2 N–H and O–H groups in total. The van der Waals surface area contributed by atoms with Gasteiger partial charge in [0.05, 0.1) is 17.7 Å². The van der Waals surface area contributed by atoms with Crippen molar-refractivity contribution in [3.8, 4) is 6.07 Å². The second kappa shape index (κ2) is 10.5. The van der Waals surface area contributed by atoms with Gasteiger partial charge in [-0.3, -0.25) is 4.99 Å². The van der Waals surface area contributed by atoms with Gasteiger partial charge in [-0.2, -0.15) is 5.26 Å². The number of rotatable bonds is 5. The van der Waals surface area contributed by atoms with Crippen LogP contribution >= 0.6 is 24.0 Å². The number of guanidine groups is 1. The monoisotopic (exact) mass is 448 g/mol. The molecule has 0 aliphatic rings. The van der Waals surface area contributed by atoms with E-state index in [4.69, 9.17) is 10.00 Å². The van der Waals surface area contributed by atoms with Gasteiger partial charge in [0.15, 0.2) is 5.96 Å². The van der Waals surface area contributed by atoms with Gasteiger partial charge in [-0.1, -0.05) is 20.8 Å². The highest BCUT2D eigenvalue weighted by molar-refractivity contribution is 14.0. The van der Waals surface area contributed by atoms with Crippen LogP contribution in [0, 0.1) is 22.6 Å². The van der Waals surface area contributed by atoms with E-state index in [9.17, 15) is 4.39 Å². The summed E-state index contributed by atoms with van der Waals surface area (Å²) in [6, 6.07) is 6.29. The van der Waals surface area contributed by atoms with Crippen LogP contribution in [0.15, 0.2) is 23.2 Å². The van der Waals surface area contributed by atoms with Gasteiger partial charge in [0.25, 0.3) is 0 Å². The first-order chi connectivity index (χ1) is 10.8. The van der Waals surface area contributed by atoms with E-state index in [0.29, 0.717) is 23.6 Å². The standard InChI is InChI=1S/C17H25FN4O.HI/c1-17(2,3)15(23-5)11-22-16(20-4)21-10-13-8-12(9-19)6-7-14(13)18;/h6-8,15H,10-11H2,1-5H3,(H2,20,21,22);1H. The number of hydrogen-bond acceptors (Lipinski definition) is 3. The summed E-state index contributed by atoms with van der Waals surface area (Å²) in [5.41, 5.74) is 0.845. The first kappa shape index (κ1) is 22.6. The highest BCUT2D eigenvalue weighted by atomic mass is 127. The minimum Gasteiger partial charge on any atom is -0.379 e. The molecule has 1 rings (SSSR count). The van der Waals surface area contributed by atoms with Crippen LogP contribution in [0.2, 0.25) is 0 Å². The molecule has 0 heterocycles. The number of nitrogens with one attached hydrogen (secondary N) is 2. The number of halogens is 2. The van der Waals surface area contributed by atoms with Gasteiger partial charge >= 0.3 is 0 Å². The van der Waals surface area contributed by atoms with Gasteiger partial charge in [0.2, 0.25) is 0 Å². The third-order valence-corrected chi connectivity index (χ3v) is 3.55. The van der Waals surface area contributed by atoms with Gasteiger partial charge in [-0.15, -0.1) is 24.0 Å². The number of nitriles is 1. The molecule has 1 aromatic rings. The van der Waals surface area contributed by atoms with Gasteiger partial charge in [-0.25, -0.2) is 4.39 Å². The van der Waals surface area contributed by atoms with Crippen molar-refractivity contribution in [2.75, 3.05) is 20.7 Å². The summed E-state index contributed by atoms with van der Waals surface area (Å²) in [5.74, 6) is 0.203. The van der Waals surface area contributed by atoms with Crippen LogP contribution in [-0.2, 0) is 11.3 Å². The Bertz CT molecular complexity index is 593.